The topological polar surface area (TPSA) is 41.1 Å². The average molecular weight is 350 g/mol. The molecular weight excluding hydrogens is 330 g/mol. The highest BCUT2D eigenvalue weighted by Crippen LogP contribution is 2.26. The number of carbonyl (C=O) groups excluding carboxylic acids is 1. The van der Waals surface area contributed by atoms with Crippen molar-refractivity contribution in [2.75, 3.05) is 5.32 Å². The molecule has 2 aromatic rings. The van der Waals surface area contributed by atoms with Crippen LogP contribution in [0.1, 0.15) is 25.5 Å². The first-order chi connectivity index (χ1) is 11.5. The highest BCUT2D eigenvalue weighted by Gasteiger charge is 2.16. The van der Waals surface area contributed by atoms with Gasteiger partial charge in [-0.2, -0.15) is 8.78 Å². The zero-order valence-corrected chi connectivity index (χ0v) is 14.3. The number of hydrogen-bond acceptors (Lipinski definition) is 3. The Labute approximate surface area is 144 Å². The molecule has 0 aliphatic carbocycles. The molecule has 2 aromatic carbocycles. The SMILES string of the molecule is C[C@H](N[C@H](C)c1ccccc1)C(=O)Nc1ccc(SC(F)F)cc1. The summed E-state index contributed by atoms with van der Waals surface area (Å²) >= 11 is 0.480. The van der Waals surface area contributed by atoms with Crippen molar-refractivity contribution in [3.8, 4) is 0 Å². The van der Waals surface area contributed by atoms with Crippen LogP contribution in [0, 0.1) is 0 Å². The van der Waals surface area contributed by atoms with Crippen molar-refractivity contribution in [3.63, 3.8) is 0 Å². The zero-order valence-electron chi connectivity index (χ0n) is 13.5. The maximum Gasteiger partial charge on any atom is 0.288 e. The Balaban J connectivity index is 1.89. The van der Waals surface area contributed by atoms with Gasteiger partial charge in [-0.15, -0.1) is 0 Å². The lowest BCUT2D eigenvalue weighted by atomic mass is 10.1. The minimum Gasteiger partial charge on any atom is -0.325 e. The molecule has 128 valence electrons. The van der Waals surface area contributed by atoms with E-state index in [9.17, 15) is 13.6 Å². The summed E-state index contributed by atoms with van der Waals surface area (Å²) in [4.78, 5) is 12.7. The van der Waals surface area contributed by atoms with Crippen molar-refractivity contribution in [2.45, 2.75) is 36.6 Å². The van der Waals surface area contributed by atoms with E-state index in [2.05, 4.69) is 10.6 Å². The summed E-state index contributed by atoms with van der Waals surface area (Å²) < 4.78 is 24.6. The summed E-state index contributed by atoms with van der Waals surface area (Å²) in [5.74, 6) is -2.62. The Bertz CT molecular complexity index is 650. The van der Waals surface area contributed by atoms with Gasteiger partial charge in [0.2, 0.25) is 5.91 Å². The normalized spacial score (nSPS) is 13.5. The number of benzene rings is 2. The minimum absolute atomic E-state index is 0.0387. The summed E-state index contributed by atoms with van der Waals surface area (Å²) in [5.41, 5.74) is 1.69. The number of nitrogens with one attached hydrogen (secondary N) is 2. The van der Waals surface area contributed by atoms with Crippen LogP contribution in [0.25, 0.3) is 0 Å². The predicted octanol–water partition coefficient (Wildman–Crippen LogP) is 4.68. The van der Waals surface area contributed by atoms with E-state index in [1.54, 1.807) is 31.2 Å². The van der Waals surface area contributed by atoms with Crippen LogP contribution >= 0.6 is 11.8 Å². The molecular formula is C18H20F2N2OS. The second-order valence-electron chi connectivity index (χ2n) is 5.41. The van der Waals surface area contributed by atoms with Crippen molar-refractivity contribution in [1.82, 2.24) is 5.32 Å². The number of carbonyl (C=O) groups is 1. The van der Waals surface area contributed by atoms with Crippen molar-refractivity contribution < 1.29 is 13.6 Å². The molecule has 0 spiro atoms. The Morgan fingerprint density at radius 2 is 1.62 bits per heavy atom. The van der Waals surface area contributed by atoms with Gasteiger partial charge in [0.1, 0.15) is 0 Å². The molecule has 2 atom stereocenters. The van der Waals surface area contributed by atoms with E-state index < -0.39 is 11.8 Å². The Morgan fingerprint density at radius 3 is 2.21 bits per heavy atom. The van der Waals surface area contributed by atoms with Gasteiger partial charge in [-0.05, 0) is 43.7 Å². The van der Waals surface area contributed by atoms with Gasteiger partial charge in [-0.25, -0.2) is 0 Å². The van der Waals surface area contributed by atoms with Crippen LogP contribution < -0.4 is 10.6 Å². The molecule has 0 aliphatic heterocycles. The third-order valence-electron chi connectivity index (χ3n) is 3.54. The number of rotatable bonds is 7. The van der Waals surface area contributed by atoms with Gasteiger partial charge in [-0.3, -0.25) is 10.1 Å². The van der Waals surface area contributed by atoms with Crippen LogP contribution in [0.2, 0.25) is 0 Å². The smallest absolute Gasteiger partial charge is 0.288 e. The lowest BCUT2D eigenvalue weighted by Crippen LogP contribution is -2.39. The summed E-state index contributed by atoms with van der Waals surface area (Å²) in [6, 6.07) is 15.9. The molecule has 2 rings (SSSR count). The molecule has 0 fully saturated rings. The molecule has 6 heteroatoms. The van der Waals surface area contributed by atoms with Crippen LogP contribution in [0.4, 0.5) is 14.5 Å². The largest absolute Gasteiger partial charge is 0.325 e. The van der Waals surface area contributed by atoms with Gasteiger partial charge in [0.05, 0.1) is 6.04 Å². The fourth-order valence-electron chi connectivity index (χ4n) is 2.26. The Kier molecular flexibility index (Phi) is 6.75. The first-order valence-corrected chi connectivity index (χ1v) is 8.50. The molecule has 0 aliphatic rings. The molecule has 2 N–H and O–H groups in total. The van der Waals surface area contributed by atoms with E-state index in [1.165, 1.54) is 0 Å². The van der Waals surface area contributed by atoms with Crippen molar-refractivity contribution >= 4 is 23.4 Å². The van der Waals surface area contributed by atoms with Crippen LogP contribution in [0.15, 0.2) is 59.5 Å². The summed E-state index contributed by atoms with van der Waals surface area (Å²) in [6.45, 7) is 3.78. The van der Waals surface area contributed by atoms with Crippen LogP contribution in [0.3, 0.4) is 0 Å². The van der Waals surface area contributed by atoms with Crippen LogP contribution in [-0.4, -0.2) is 17.7 Å². The van der Waals surface area contributed by atoms with E-state index in [0.29, 0.717) is 22.3 Å². The van der Waals surface area contributed by atoms with E-state index in [-0.39, 0.29) is 11.9 Å². The molecule has 0 radical (unpaired) electrons. The first-order valence-electron chi connectivity index (χ1n) is 7.62. The van der Waals surface area contributed by atoms with Gasteiger partial charge in [0, 0.05) is 16.6 Å². The van der Waals surface area contributed by atoms with Gasteiger partial charge >= 0.3 is 0 Å². The van der Waals surface area contributed by atoms with E-state index in [0.717, 1.165) is 5.56 Å². The highest BCUT2D eigenvalue weighted by atomic mass is 32.2. The van der Waals surface area contributed by atoms with Crippen molar-refractivity contribution in [3.05, 3.63) is 60.2 Å². The number of amides is 1. The molecule has 0 unspecified atom stereocenters. The van der Waals surface area contributed by atoms with Gasteiger partial charge in [0.15, 0.2) is 0 Å². The Hall–Kier alpha value is -1.92. The monoisotopic (exact) mass is 350 g/mol. The lowest BCUT2D eigenvalue weighted by molar-refractivity contribution is -0.117. The number of anilines is 1. The van der Waals surface area contributed by atoms with Crippen LogP contribution in [-0.2, 0) is 4.79 Å². The minimum atomic E-state index is -2.45. The average Bonchev–Trinajstić information content (AvgIpc) is 2.56. The fourth-order valence-corrected chi connectivity index (χ4v) is 2.76. The lowest BCUT2D eigenvalue weighted by Gasteiger charge is -2.20. The van der Waals surface area contributed by atoms with E-state index >= 15 is 0 Å². The fraction of sp³-hybridized carbons (Fsp3) is 0.278. The standard InChI is InChI=1S/C18H20F2N2OS/c1-12(14-6-4-3-5-7-14)21-13(2)17(23)22-15-8-10-16(11-9-15)24-18(19)20/h3-13,18,21H,1-2H3,(H,22,23)/t12-,13+/m1/s1. The van der Waals surface area contributed by atoms with Gasteiger partial charge < -0.3 is 5.32 Å². The predicted molar refractivity (Wildman–Crippen MR) is 94.4 cm³/mol. The number of halogens is 2. The van der Waals surface area contributed by atoms with Gasteiger partial charge in [0.25, 0.3) is 5.76 Å². The summed E-state index contributed by atoms with van der Waals surface area (Å²) in [6.07, 6.45) is 0. The maximum atomic E-state index is 12.3. The summed E-state index contributed by atoms with van der Waals surface area (Å²) in [5, 5.41) is 6.02. The van der Waals surface area contributed by atoms with Crippen molar-refractivity contribution in [2.24, 2.45) is 0 Å². The third-order valence-corrected chi connectivity index (χ3v) is 4.26. The molecule has 0 saturated carbocycles. The van der Waals surface area contributed by atoms with Crippen molar-refractivity contribution in [1.29, 1.82) is 0 Å². The number of alkyl halides is 2. The van der Waals surface area contributed by atoms with E-state index in [1.807, 2.05) is 37.3 Å². The molecule has 1 amide bonds. The van der Waals surface area contributed by atoms with E-state index in [4.69, 9.17) is 0 Å². The molecule has 0 aromatic heterocycles. The molecule has 0 bridgehead atoms. The number of hydrogen-bond donors (Lipinski definition) is 2. The quantitative estimate of drug-likeness (QED) is 0.713. The molecule has 0 saturated heterocycles. The maximum absolute atomic E-state index is 12.3. The molecule has 0 heterocycles. The van der Waals surface area contributed by atoms with Crippen LogP contribution in [0.5, 0.6) is 0 Å². The molecule has 24 heavy (non-hydrogen) atoms. The second kappa shape index (κ2) is 8.80. The third kappa shape index (κ3) is 5.62. The molecule has 3 nitrogen and oxygen atoms in total. The second-order valence-corrected chi connectivity index (χ2v) is 6.48. The zero-order chi connectivity index (χ0) is 17.5. The Morgan fingerprint density at radius 1 is 1.00 bits per heavy atom. The first kappa shape index (κ1) is 18.4. The summed E-state index contributed by atoms with van der Waals surface area (Å²) in [7, 11) is 0. The number of thioether (sulfide) groups is 1. The van der Waals surface area contributed by atoms with Gasteiger partial charge in [-0.1, -0.05) is 42.1 Å². The highest BCUT2D eigenvalue weighted by molar-refractivity contribution is 7.99.